The zero-order valence-corrected chi connectivity index (χ0v) is 11.7. The van der Waals surface area contributed by atoms with Crippen LogP contribution in [-0.2, 0) is 0 Å². The number of carbonyl (C=O) groups excluding carboxylic acids is 1. The number of ether oxygens (including phenoxy) is 1. The molecule has 1 fully saturated rings. The SMILES string of the molecule is COc1cc(NC(=O)N[C@H]2CCN(CC(F)F)C2)ccn1. The molecular weight excluding hydrogens is 282 g/mol. The van der Waals surface area contributed by atoms with Crippen molar-refractivity contribution in [3.8, 4) is 5.88 Å². The highest BCUT2D eigenvalue weighted by atomic mass is 19.3. The summed E-state index contributed by atoms with van der Waals surface area (Å²) in [5.41, 5.74) is 0.557. The Balaban J connectivity index is 1.79. The first-order chi connectivity index (χ1) is 10.1. The fraction of sp³-hybridized carbons (Fsp3) is 0.538. The van der Waals surface area contributed by atoms with E-state index >= 15 is 0 Å². The van der Waals surface area contributed by atoms with Gasteiger partial charge in [0.2, 0.25) is 5.88 Å². The quantitative estimate of drug-likeness (QED) is 0.866. The van der Waals surface area contributed by atoms with Crippen LogP contribution >= 0.6 is 0 Å². The van der Waals surface area contributed by atoms with E-state index in [0.717, 1.165) is 0 Å². The lowest BCUT2D eigenvalue weighted by molar-refractivity contribution is 0.0988. The van der Waals surface area contributed by atoms with Gasteiger partial charge in [0.1, 0.15) is 0 Å². The zero-order chi connectivity index (χ0) is 15.2. The summed E-state index contributed by atoms with van der Waals surface area (Å²) in [6, 6.07) is 2.75. The number of pyridine rings is 1. The van der Waals surface area contributed by atoms with Gasteiger partial charge < -0.3 is 15.4 Å². The molecule has 0 unspecified atom stereocenters. The van der Waals surface area contributed by atoms with Gasteiger partial charge in [0, 0.05) is 37.1 Å². The lowest BCUT2D eigenvalue weighted by Crippen LogP contribution is -2.40. The number of carbonyl (C=O) groups is 1. The van der Waals surface area contributed by atoms with Crippen LogP contribution in [0.4, 0.5) is 19.3 Å². The average Bonchev–Trinajstić information content (AvgIpc) is 2.85. The summed E-state index contributed by atoms with van der Waals surface area (Å²) in [6.07, 6.45) is -0.157. The Bertz CT molecular complexity index is 487. The highest BCUT2D eigenvalue weighted by molar-refractivity contribution is 5.89. The van der Waals surface area contributed by atoms with Crippen LogP contribution in [0.2, 0.25) is 0 Å². The van der Waals surface area contributed by atoms with Gasteiger partial charge in [-0.1, -0.05) is 0 Å². The van der Waals surface area contributed by atoms with Crippen molar-refractivity contribution < 1.29 is 18.3 Å². The molecule has 0 aliphatic carbocycles. The summed E-state index contributed by atoms with van der Waals surface area (Å²) in [5.74, 6) is 0.400. The van der Waals surface area contributed by atoms with E-state index in [1.54, 1.807) is 17.0 Å². The first-order valence-corrected chi connectivity index (χ1v) is 6.65. The van der Waals surface area contributed by atoms with Crippen molar-refractivity contribution in [3.05, 3.63) is 18.3 Å². The Morgan fingerprint density at radius 2 is 2.43 bits per heavy atom. The summed E-state index contributed by atoms with van der Waals surface area (Å²) in [7, 11) is 1.49. The highest BCUT2D eigenvalue weighted by Crippen LogP contribution is 2.14. The molecule has 0 bridgehead atoms. The number of urea groups is 1. The standard InChI is InChI=1S/C13H18F2N4O2/c1-21-12-6-9(2-4-16-12)17-13(20)18-10-3-5-19(7-10)8-11(14)15/h2,4,6,10-11H,3,5,7-8H2,1H3,(H2,16,17,18,20)/t10-/m0/s1. The molecule has 6 nitrogen and oxygen atoms in total. The maximum absolute atomic E-state index is 12.3. The molecule has 1 aliphatic heterocycles. The predicted molar refractivity (Wildman–Crippen MR) is 73.8 cm³/mol. The van der Waals surface area contributed by atoms with Gasteiger partial charge in [0.25, 0.3) is 6.43 Å². The van der Waals surface area contributed by atoms with Crippen LogP contribution in [0.15, 0.2) is 18.3 Å². The molecule has 0 spiro atoms. The third kappa shape index (κ3) is 4.82. The van der Waals surface area contributed by atoms with E-state index in [1.165, 1.54) is 13.3 Å². The van der Waals surface area contributed by atoms with Crippen LogP contribution in [0, 0.1) is 0 Å². The van der Waals surface area contributed by atoms with Crippen molar-refractivity contribution in [2.75, 3.05) is 32.1 Å². The van der Waals surface area contributed by atoms with E-state index in [9.17, 15) is 13.6 Å². The number of nitrogens with one attached hydrogen (secondary N) is 2. The van der Waals surface area contributed by atoms with Gasteiger partial charge in [0.15, 0.2) is 0 Å². The van der Waals surface area contributed by atoms with Crippen LogP contribution < -0.4 is 15.4 Å². The molecule has 1 saturated heterocycles. The first kappa shape index (κ1) is 15.4. The maximum atomic E-state index is 12.3. The number of likely N-dealkylation sites (tertiary alicyclic amines) is 1. The first-order valence-electron chi connectivity index (χ1n) is 6.65. The van der Waals surface area contributed by atoms with E-state index in [2.05, 4.69) is 15.6 Å². The number of hydrogen-bond donors (Lipinski definition) is 2. The summed E-state index contributed by atoms with van der Waals surface area (Å²) < 4.78 is 29.5. The lowest BCUT2D eigenvalue weighted by Gasteiger charge is -2.16. The molecular formula is C13H18F2N4O2. The van der Waals surface area contributed by atoms with E-state index in [0.29, 0.717) is 31.1 Å². The van der Waals surface area contributed by atoms with Gasteiger partial charge in [-0.25, -0.2) is 18.6 Å². The molecule has 1 atom stereocenters. The molecule has 1 aromatic rings. The number of rotatable bonds is 5. The number of aromatic nitrogens is 1. The van der Waals surface area contributed by atoms with Crippen LogP contribution in [-0.4, -0.2) is 55.1 Å². The van der Waals surface area contributed by atoms with Gasteiger partial charge in [-0.2, -0.15) is 0 Å². The number of nitrogens with zero attached hydrogens (tertiary/aromatic N) is 2. The Hall–Kier alpha value is -1.96. The van der Waals surface area contributed by atoms with E-state index in [4.69, 9.17) is 4.74 Å². The monoisotopic (exact) mass is 300 g/mol. The molecule has 8 heteroatoms. The predicted octanol–water partition coefficient (Wildman–Crippen LogP) is 1.55. The largest absolute Gasteiger partial charge is 0.481 e. The number of hydrogen-bond acceptors (Lipinski definition) is 4. The minimum absolute atomic E-state index is 0.118. The number of amides is 2. The molecule has 0 saturated carbocycles. The van der Waals surface area contributed by atoms with Crippen molar-refractivity contribution in [2.45, 2.75) is 18.9 Å². The average molecular weight is 300 g/mol. The number of anilines is 1. The van der Waals surface area contributed by atoms with Crippen molar-refractivity contribution in [3.63, 3.8) is 0 Å². The van der Waals surface area contributed by atoms with Crippen LogP contribution in [0.1, 0.15) is 6.42 Å². The molecule has 2 N–H and O–H groups in total. The van der Waals surface area contributed by atoms with Crippen molar-refractivity contribution in [1.29, 1.82) is 0 Å². The fourth-order valence-corrected chi connectivity index (χ4v) is 2.26. The fourth-order valence-electron chi connectivity index (χ4n) is 2.26. The van der Waals surface area contributed by atoms with Gasteiger partial charge >= 0.3 is 6.03 Å². The Kier molecular flexibility index (Phi) is 5.26. The van der Waals surface area contributed by atoms with Crippen LogP contribution in [0.25, 0.3) is 0 Å². The topological polar surface area (TPSA) is 66.5 Å². The maximum Gasteiger partial charge on any atom is 0.319 e. The summed E-state index contributed by atoms with van der Waals surface area (Å²) in [4.78, 5) is 17.4. The van der Waals surface area contributed by atoms with Crippen molar-refractivity contribution in [2.24, 2.45) is 0 Å². The minimum Gasteiger partial charge on any atom is -0.481 e. The summed E-state index contributed by atoms with van der Waals surface area (Å²) in [6.45, 7) is 0.761. The third-order valence-electron chi connectivity index (χ3n) is 3.21. The summed E-state index contributed by atoms with van der Waals surface area (Å²) >= 11 is 0. The number of alkyl halides is 2. The number of halogens is 2. The second-order valence-electron chi connectivity index (χ2n) is 4.82. The molecule has 116 valence electrons. The van der Waals surface area contributed by atoms with Gasteiger partial charge in [-0.15, -0.1) is 0 Å². The van der Waals surface area contributed by atoms with E-state index in [1.807, 2.05) is 0 Å². The molecule has 0 radical (unpaired) electrons. The normalized spacial score (nSPS) is 18.8. The zero-order valence-electron chi connectivity index (χ0n) is 11.7. The Morgan fingerprint density at radius 1 is 1.62 bits per heavy atom. The van der Waals surface area contributed by atoms with Gasteiger partial charge in [-0.05, 0) is 12.5 Å². The van der Waals surface area contributed by atoms with Gasteiger partial charge in [0.05, 0.1) is 13.7 Å². The van der Waals surface area contributed by atoms with Crippen LogP contribution in [0.5, 0.6) is 5.88 Å². The van der Waals surface area contributed by atoms with E-state index < -0.39 is 6.43 Å². The Morgan fingerprint density at radius 3 is 3.14 bits per heavy atom. The highest BCUT2D eigenvalue weighted by Gasteiger charge is 2.25. The lowest BCUT2D eigenvalue weighted by atomic mass is 10.3. The van der Waals surface area contributed by atoms with E-state index in [-0.39, 0.29) is 18.6 Å². The molecule has 21 heavy (non-hydrogen) atoms. The van der Waals surface area contributed by atoms with Crippen molar-refractivity contribution >= 4 is 11.7 Å². The molecule has 1 aliphatic rings. The molecule has 1 aromatic heterocycles. The molecule has 2 heterocycles. The van der Waals surface area contributed by atoms with Crippen LogP contribution in [0.3, 0.4) is 0 Å². The smallest absolute Gasteiger partial charge is 0.319 e. The third-order valence-corrected chi connectivity index (χ3v) is 3.21. The molecule has 0 aromatic carbocycles. The van der Waals surface area contributed by atoms with Gasteiger partial charge in [-0.3, -0.25) is 4.90 Å². The second-order valence-corrected chi connectivity index (χ2v) is 4.82. The molecule has 2 rings (SSSR count). The number of methoxy groups -OCH3 is 1. The molecule has 2 amide bonds. The second kappa shape index (κ2) is 7.16. The Labute approximate surface area is 121 Å². The summed E-state index contributed by atoms with van der Waals surface area (Å²) in [5, 5.41) is 5.43. The van der Waals surface area contributed by atoms with Crippen molar-refractivity contribution in [1.82, 2.24) is 15.2 Å². The minimum atomic E-state index is -2.35.